The molecule has 0 fully saturated rings. The van der Waals surface area contributed by atoms with Crippen LogP contribution in [0.25, 0.3) is 0 Å². The van der Waals surface area contributed by atoms with Crippen LogP contribution in [0.2, 0.25) is 0 Å². The molecule has 2 N–H and O–H groups in total. The van der Waals surface area contributed by atoms with Gasteiger partial charge in [-0.25, -0.2) is 22.3 Å². The molecule has 0 bridgehead atoms. The van der Waals surface area contributed by atoms with Gasteiger partial charge in [-0.3, -0.25) is 4.79 Å². The van der Waals surface area contributed by atoms with Crippen molar-refractivity contribution >= 4 is 27.6 Å². The predicted molar refractivity (Wildman–Crippen MR) is 115 cm³/mol. The van der Waals surface area contributed by atoms with Crippen molar-refractivity contribution in [1.82, 2.24) is 4.72 Å². The molecule has 0 saturated heterocycles. The minimum atomic E-state index is -3.89. The minimum absolute atomic E-state index is 0.315. The second-order valence-electron chi connectivity index (χ2n) is 6.38. The molecule has 0 atom stereocenters. The normalized spacial score (nSPS) is 10.9. The molecule has 8 nitrogen and oxygen atoms in total. The maximum Gasteiger partial charge on any atom is 0.341 e. The van der Waals surface area contributed by atoms with E-state index < -0.39 is 39.9 Å². The van der Waals surface area contributed by atoms with Crippen molar-refractivity contribution in [3.63, 3.8) is 0 Å². The Bertz CT molecular complexity index is 1230. The monoisotopic (exact) mass is 458 g/mol. The number of rotatable bonds is 8. The van der Waals surface area contributed by atoms with Crippen LogP contribution in [0.15, 0.2) is 77.7 Å². The third-order valence-corrected chi connectivity index (χ3v) is 5.62. The molecule has 0 aliphatic carbocycles. The largest absolute Gasteiger partial charge is 0.455 e. The van der Waals surface area contributed by atoms with E-state index in [2.05, 4.69) is 10.0 Å². The van der Waals surface area contributed by atoms with Crippen molar-refractivity contribution in [3.8, 4) is 11.5 Å². The van der Waals surface area contributed by atoms with Gasteiger partial charge in [-0.05, 0) is 49.5 Å². The van der Waals surface area contributed by atoms with Gasteiger partial charge in [0.2, 0.25) is 10.0 Å². The van der Waals surface area contributed by atoms with Crippen LogP contribution < -0.4 is 14.8 Å². The number of ether oxygens (including phenoxy) is 2. The van der Waals surface area contributed by atoms with Gasteiger partial charge >= 0.3 is 5.97 Å². The van der Waals surface area contributed by atoms with Crippen LogP contribution in [0.1, 0.15) is 10.4 Å². The first-order valence-electron chi connectivity index (χ1n) is 9.32. The number of anilines is 1. The average Bonchev–Trinajstić information content (AvgIpc) is 2.79. The fraction of sp³-hybridized carbons (Fsp3) is 0.0909. The van der Waals surface area contributed by atoms with Crippen molar-refractivity contribution in [2.45, 2.75) is 4.90 Å². The zero-order valence-corrected chi connectivity index (χ0v) is 17.7. The lowest BCUT2D eigenvalue weighted by molar-refractivity contribution is -0.119. The van der Waals surface area contributed by atoms with Gasteiger partial charge in [0.15, 0.2) is 12.4 Å². The summed E-state index contributed by atoms with van der Waals surface area (Å²) in [5.74, 6) is -1.92. The molecule has 3 aromatic carbocycles. The van der Waals surface area contributed by atoms with Gasteiger partial charge in [-0.1, -0.05) is 30.3 Å². The number of amides is 1. The van der Waals surface area contributed by atoms with Gasteiger partial charge in [0.1, 0.15) is 11.6 Å². The average molecular weight is 458 g/mol. The standard InChI is InChI=1S/C22H19FN2O6S/c1-24-32(28,29)16-11-12-18(23)17(13-16)22(27)30-14-21(26)25-19-9-5-6-10-20(19)31-15-7-3-2-4-8-15/h2-13,24H,14H2,1H3,(H,25,26). The molecular weight excluding hydrogens is 439 g/mol. The van der Waals surface area contributed by atoms with Crippen molar-refractivity contribution in [1.29, 1.82) is 0 Å². The van der Waals surface area contributed by atoms with Crippen LogP contribution in [0, 0.1) is 5.82 Å². The second-order valence-corrected chi connectivity index (χ2v) is 8.27. The quantitative estimate of drug-likeness (QED) is 0.501. The first kappa shape index (κ1) is 22.9. The SMILES string of the molecule is CNS(=O)(=O)c1ccc(F)c(C(=O)OCC(=O)Nc2ccccc2Oc2ccccc2)c1. The van der Waals surface area contributed by atoms with Gasteiger partial charge in [0.05, 0.1) is 16.1 Å². The highest BCUT2D eigenvalue weighted by Crippen LogP contribution is 2.29. The van der Waals surface area contributed by atoms with Crippen molar-refractivity contribution in [2.75, 3.05) is 19.0 Å². The van der Waals surface area contributed by atoms with E-state index in [0.717, 1.165) is 18.2 Å². The van der Waals surface area contributed by atoms with E-state index in [1.807, 2.05) is 6.07 Å². The number of carbonyl (C=O) groups is 2. The molecule has 0 aromatic heterocycles. The summed E-state index contributed by atoms with van der Waals surface area (Å²) in [4.78, 5) is 24.2. The van der Waals surface area contributed by atoms with E-state index in [1.54, 1.807) is 48.5 Å². The van der Waals surface area contributed by atoms with Gasteiger partial charge in [-0.15, -0.1) is 0 Å². The molecule has 0 aliphatic heterocycles. The Morgan fingerprint density at radius 2 is 1.66 bits per heavy atom. The number of sulfonamides is 1. The van der Waals surface area contributed by atoms with Gasteiger partial charge in [0.25, 0.3) is 5.91 Å². The Labute approximate surface area is 184 Å². The van der Waals surface area contributed by atoms with Crippen LogP contribution in [0.3, 0.4) is 0 Å². The molecule has 166 valence electrons. The summed E-state index contributed by atoms with van der Waals surface area (Å²) in [7, 11) is -2.71. The van der Waals surface area contributed by atoms with Gasteiger partial charge in [-0.2, -0.15) is 0 Å². The molecule has 0 aliphatic rings. The molecule has 0 unspecified atom stereocenters. The summed E-state index contributed by atoms with van der Waals surface area (Å²) in [6, 6.07) is 18.3. The van der Waals surface area contributed by atoms with Crippen LogP contribution in [-0.2, 0) is 19.6 Å². The molecule has 0 radical (unpaired) electrons. The summed E-state index contributed by atoms with van der Waals surface area (Å²) in [6.45, 7) is -0.721. The Hall–Kier alpha value is -3.76. The van der Waals surface area contributed by atoms with Crippen LogP contribution in [0.4, 0.5) is 10.1 Å². The topological polar surface area (TPSA) is 111 Å². The zero-order valence-electron chi connectivity index (χ0n) is 16.9. The second kappa shape index (κ2) is 10.0. The number of nitrogens with one attached hydrogen (secondary N) is 2. The summed E-state index contributed by atoms with van der Waals surface area (Å²) in [6.07, 6.45) is 0. The molecular formula is C22H19FN2O6S. The van der Waals surface area contributed by atoms with Crippen molar-refractivity contribution in [3.05, 3.63) is 84.2 Å². The van der Waals surface area contributed by atoms with E-state index in [9.17, 15) is 22.4 Å². The summed E-state index contributed by atoms with van der Waals surface area (Å²) < 4.78 is 50.4. The molecule has 0 heterocycles. The smallest absolute Gasteiger partial charge is 0.341 e. The molecule has 32 heavy (non-hydrogen) atoms. The summed E-state index contributed by atoms with van der Waals surface area (Å²) in [5.41, 5.74) is -0.271. The van der Waals surface area contributed by atoms with Crippen LogP contribution in [0.5, 0.6) is 11.5 Å². The fourth-order valence-electron chi connectivity index (χ4n) is 2.62. The highest BCUT2D eigenvalue weighted by molar-refractivity contribution is 7.89. The maximum absolute atomic E-state index is 14.0. The number of benzene rings is 3. The number of halogens is 1. The lowest BCUT2D eigenvalue weighted by atomic mass is 10.2. The molecule has 3 rings (SSSR count). The lowest BCUT2D eigenvalue weighted by Gasteiger charge is -2.12. The number of hydrogen-bond acceptors (Lipinski definition) is 6. The minimum Gasteiger partial charge on any atom is -0.455 e. The third-order valence-electron chi connectivity index (χ3n) is 4.20. The molecule has 0 saturated carbocycles. The molecule has 1 amide bonds. The van der Waals surface area contributed by atoms with Crippen LogP contribution >= 0.6 is 0 Å². The van der Waals surface area contributed by atoms with Gasteiger partial charge in [0, 0.05) is 0 Å². The Balaban J connectivity index is 1.66. The number of para-hydroxylation sites is 3. The zero-order chi connectivity index (χ0) is 23.1. The van der Waals surface area contributed by atoms with E-state index >= 15 is 0 Å². The van der Waals surface area contributed by atoms with Crippen molar-refractivity contribution < 1.29 is 31.9 Å². The van der Waals surface area contributed by atoms with Crippen LogP contribution in [-0.4, -0.2) is 33.9 Å². The highest BCUT2D eigenvalue weighted by Gasteiger charge is 2.20. The third kappa shape index (κ3) is 5.68. The summed E-state index contributed by atoms with van der Waals surface area (Å²) >= 11 is 0. The van der Waals surface area contributed by atoms with E-state index in [0.29, 0.717) is 17.2 Å². The first-order chi connectivity index (χ1) is 15.3. The Kier molecular flexibility index (Phi) is 7.18. The first-order valence-corrected chi connectivity index (χ1v) is 10.8. The fourth-order valence-corrected chi connectivity index (χ4v) is 3.37. The summed E-state index contributed by atoms with van der Waals surface area (Å²) in [5, 5.41) is 2.56. The lowest BCUT2D eigenvalue weighted by Crippen LogP contribution is -2.22. The molecule has 3 aromatic rings. The van der Waals surface area contributed by atoms with Gasteiger partial charge < -0.3 is 14.8 Å². The molecule has 0 spiro atoms. The Morgan fingerprint density at radius 3 is 2.38 bits per heavy atom. The number of esters is 1. The highest BCUT2D eigenvalue weighted by atomic mass is 32.2. The van der Waals surface area contributed by atoms with E-state index in [-0.39, 0.29) is 4.90 Å². The number of carbonyl (C=O) groups excluding carboxylic acids is 2. The van der Waals surface area contributed by atoms with E-state index in [1.165, 1.54) is 7.05 Å². The predicted octanol–water partition coefficient (Wildman–Crippen LogP) is 3.32. The maximum atomic E-state index is 14.0. The Morgan fingerprint density at radius 1 is 0.969 bits per heavy atom. The van der Waals surface area contributed by atoms with E-state index in [4.69, 9.17) is 9.47 Å². The molecule has 10 heteroatoms. The van der Waals surface area contributed by atoms with Crippen molar-refractivity contribution in [2.24, 2.45) is 0 Å². The number of hydrogen-bond donors (Lipinski definition) is 2.